The molecule has 3 aromatic rings. The number of hydrogen-bond donors (Lipinski definition) is 1. The maximum atomic E-state index is 12.8. The van der Waals surface area contributed by atoms with E-state index in [1.54, 1.807) is 54.1 Å². The molecule has 0 spiro atoms. The maximum absolute atomic E-state index is 12.8. The van der Waals surface area contributed by atoms with Crippen molar-refractivity contribution < 1.29 is 13.6 Å². The van der Waals surface area contributed by atoms with E-state index in [1.165, 1.54) is 12.3 Å². The van der Waals surface area contributed by atoms with Gasteiger partial charge in [0.25, 0.3) is 5.91 Å². The van der Waals surface area contributed by atoms with Gasteiger partial charge in [-0.05, 0) is 37.1 Å². The lowest BCUT2D eigenvalue weighted by molar-refractivity contribution is 0.0563. The van der Waals surface area contributed by atoms with Crippen LogP contribution in [0.15, 0.2) is 59.7 Å². The van der Waals surface area contributed by atoms with E-state index in [-0.39, 0.29) is 11.5 Å². The fourth-order valence-electron chi connectivity index (χ4n) is 2.89. The predicted octanol–water partition coefficient (Wildman–Crippen LogP) is 3.24. The molecule has 1 amide bonds. The summed E-state index contributed by atoms with van der Waals surface area (Å²) in [4.78, 5) is 24.0. The summed E-state index contributed by atoms with van der Waals surface area (Å²) in [6.45, 7) is -0.151. The van der Waals surface area contributed by atoms with Crippen molar-refractivity contribution in [3.63, 3.8) is 0 Å². The molecule has 6 nitrogen and oxygen atoms in total. The molecule has 0 aliphatic carbocycles. The first-order valence-electron chi connectivity index (χ1n) is 8.83. The molecular weight excluding hydrogens is 366 g/mol. The lowest BCUT2D eigenvalue weighted by Gasteiger charge is -2.08. The number of alkyl halides is 2. The molecule has 0 radical (unpaired) electrons. The number of nitrogens with zero attached hydrogens (tertiary/aromatic N) is 3. The van der Waals surface area contributed by atoms with Crippen LogP contribution in [0.1, 0.15) is 29.0 Å². The molecule has 2 heterocycles. The van der Waals surface area contributed by atoms with Crippen molar-refractivity contribution in [3.05, 3.63) is 76.5 Å². The lowest BCUT2D eigenvalue weighted by Crippen LogP contribution is -2.26. The van der Waals surface area contributed by atoms with Crippen LogP contribution in [-0.4, -0.2) is 26.8 Å². The number of pyridine rings is 1. The van der Waals surface area contributed by atoms with E-state index in [1.807, 2.05) is 0 Å². The third kappa shape index (κ3) is 4.51. The molecule has 0 saturated heterocycles. The van der Waals surface area contributed by atoms with Crippen molar-refractivity contribution in [1.82, 2.24) is 19.7 Å². The number of nitrogens with one attached hydrogen (secondary N) is 1. The number of benzene rings is 1. The van der Waals surface area contributed by atoms with Crippen LogP contribution in [0.4, 0.5) is 8.78 Å². The van der Waals surface area contributed by atoms with Gasteiger partial charge in [-0.1, -0.05) is 18.2 Å². The Bertz CT molecular complexity index is 1030. The summed E-state index contributed by atoms with van der Waals surface area (Å²) in [5.74, 6) is -0.263. The number of amides is 1. The zero-order chi connectivity index (χ0) is 20.1. The van der Waals surface area contributed by atoms with Crippen molar-refractivity contribution in [2.45, 2.75) is 26.4 Å². The number of rotatable bonds is 7. The van der Waals surface area contributed by atoms with E-state index in [0.717, 1.165) is 0 Å². The van der Waals surface area contributed by atoms with Gasteiger partial charge in [0.1, 0.15) is 0 Å². The van der Waals surface area contributed by atoms with Crippen molar-refractivity contribution in [1.29, 1.82) is 0 Å². The number of aromatic nitrogens is 3. The molecule has 0 aliphatic rings. The summed E-state index contributed by atoms with van der Waals surface area (Å²) in [6, 6.07) is 11.7. The second-order valence-corrected chi connectivity index (χ2v) is 6.31. The van der Waals surface area contributed by atoms with Crippen LogP contribution in [0.3, 0.4) is 0 Å². The highest BCUT2D eigenvalue weighted by molar-refractivity contribution is 5.95. The average molecular weight is 386 g/mol. The summed E-state index contributed by atoms with van der Waals surface area (Å²) in [5, 5.41) is 6.61. The van der Waals surface area contributed by atoms with Crippen LogP contribution in [-0.2, 0) is 6.54 Å². The Balaban J connectivity index is 1.63. The first-order chi connectivity index (χ1) is 13.5. The lowest BCUT2D eigenvalue weighted by atomic mass is 10.0. The molecule has 3 rings (SSSR count). The van der Waals surface area contributed by atoms with E-state index >= 15 is 0 Å². The number of carbonyl (C=O) groups excluding carboxylic acids is 1. The second-order valence-electron chi connectivity index (χ2n) is 6.31. The van der Waals surface area contributed by atoms with Crippen LogP contribution in [0.2, 0.25) is 0 Å². The topological polar surface area (TPSA) is 68.9 Å². The van der Waals surface area contributed by atoms with Crippen LogP contribution in [0.5, 0.6) is 0 Å². The summed E-state index contributed by atoms with van der Waals surface area (Å²) < 4.78 is 27.8. The Morgan fingerprint density at radius 1 is 1.21 bits per heavy atom. The summed E-state index contributed by atoms with van der Waals surface area (Å²) in [7, 11) is 0. The predicted molar refractivity (Wildman–Crippen MR) is 101 cm³/mol. The van der Waals surface area contributed by atoms with Gasteiger partial charge in [0.05, 0.1) is 5.69 Å². The molecule has 0 bridgehead atoms. The van der Waals surface area contributed by atoms with Crippen LogP contribution < -0.4 is 10.9 Å². The molecule has 0 saturated carbocycles. The smallest absolute Gasteiger partial charge is 0.333 e. The zero-order valence-electron chi connectivity index (χ0n) is 15.3. The van der Waals surface area contributed by atoms with Crippen molar-refractivity contribution in [3.8, 4) is 11.1 Å². The SMILES string of the molecule is Cc1nn(C(F)F)cc1-c1cccc(C(=O)NCCCn2ccccc2=O)c1. The first kappa shape index (κ1) is 19.5. The molecule has 0 fully saturated rings. The Hall–Kier alpha value is -3.29. The Morgan fingerprint density at radius 3 is 2.75 bits per heavy atom. The third-order valence-corrected chi connectivity index (χ3v) is 4.31. The quantitative estimate of drug-likeness (QED) is 0.634. The van der Waals surface area contributed by atoms with Crippen LogP contribution in [0, 0.1) is 6.92 Å². The highest BCUT2D eigenvalue weighted by atomic mass is 19.3. The van der Waals surface area contributed by atoms with Gasteiger partial charge in [-0.2, -0.15) is 13.9 Å². The first-order valence-corrected chi connectivity index (χ1v) is 8.83. The molecule has 0 unspecified atom stereocenters. The van der Waals surface area contributed by atoms with E-state index in [9.17, 15) is 18.4 Å². The fourth-order valence-corrected chi connectivity index (χ4v) is 2.89. The van der Waals surface area contributed by atoms with Crippen molar-refractivity contribution in [2.24, 2.45) is 0 Å². The van der Waals surface area contributed by atoms with Crippen LogP contribution >= 0.6 is 0 Å². The Kier molecular flexibility index (Phi) is 5.98. The average Bonchev–Trinajstić information content (AvgIpc) is 3.08. The summed E-state index contributed by atoms with van der Waals surface area (Å²) in [6.07, 6.45) is 3.58. The number of carbonyl (C=O) groups is 1. The minimum atomic E-state index is -2.71. The molecule has 0 aliphatic heterocycles. The summed E-state index contributed by atoms with van der Waals surface area (Å²) in [5.41, 5.74) is 2.01. The van der Waals surface area contributed by atoms with Crippen molar-refractivity contribution >= 4 is 5.91 Å². The largest absolute Gasteiger partial charge is 0.352 e. The Labute approximate surface area is 160 Å². The Morgan fingerprint density at radius 2 is 2.04 bits per heavy atom. The normalized spacial score (nSPS) is 11.0. The van der Waals surface area contributed by atoms with Gasteiger partial charge in [-0.25, -0.2) is 4.68 Å². The number of aryl methyl sites for hydroxylation is 2. The zero-order valence-corrected chi connectivity index (χ0v) is 15.3. The molecule has 146 valence electrons. The molecule has 28 heavy (non-hydrogen) atoms. The highest BCUT2D eigenvalue weighted by Crippen LogP contribution is 2.25. The van der Waals surface area contributed by atoms with Gasteiger partial charge >= 0.3 is 6.55 Å². The van der Waals surface area contributed by atoms with E-state index in [0.29, 0.717) is 46.6 Å². The number of hydrogen-bond acceptors (Lipinski definition) is 3. The van der Waals surface area contributed by atoms with E-state index < -0.39 is 6.55 Å². The molecule has 1 N–H and O–H groups in total. The third-order valence-electron chi connectivity index (χ3n) is 4.31. The van der Waals surface area contributed by atoms with E-state index in [4.69, 9.17) is 0 Å². The minimum absolute atomic E-state index is 0.0822. The minimum Gasteiger partial charge on any atom is -0.352 e. The van der Waals surface area contributed by atoms with Crippen LogP contribution in [0.25, 0.3) is 11.1 Å². The van der Waals surface area contributed by atoms with E-state index in [2.05, 4.69) is 10.4 Å². The second kappa shape index (κ2) is 8.60. The van der Waals surface area contributed by atoms with Gasteiger partial charge < -0.3 is 9.88 Å². The van der Waals surface area contributed by atoms with Gasteiger partial charge in [0.2, 0.25) is 5.56 Å². The number of halogens is 2. The monoisotopic (exact) mass is 386 g/mol. The molecule has 0 atom stereocenters. The summed E-state index contributed by atoms with van der Waals surface area (Å²) >= 11 is 0. The highest BCUT2D eigenvalue weighted by Gasteiger charge is 2.14. The molecular formula is C20H20F2N4O2. The van der Waals surface area contributed by atoms with Crippen molar-refractivity contribution in [2.75, 3.05) is 6.54 Å². The molecule has 2 aromatic heterocycles. The fraction of sp³-hybridized carbons (Fsp3) is 0.250. The van der Waals surface area contributed by atoms with Gasteiger partial charge in [-0.3, -0.25) is 9.59 Å². The maximum Gasteiger partial charge on any atom is 0.333 e. The van der Waals surface area contributed by atoms with Gasteiger partial charge in [0, 0.05) is 42.7 Å². The molecule has 1 aromatic carbocycles. The standard InChI is InChI=1S/C20H20F2N4O2/c1-14-17(13-26(24-14)20(21)22)15-6-4-7-16(12-15)19(28)23-9-5-11-25-10-3-2-8-18(25)27/h2-4,6-8,10,12-13,20H,5,9,11H2,1H3,(H,23,28). The molecule has 8 heteroatoms. The van der Waals surface area contributed by atoms with Gasteiger partial charge in [0.15, 0.2) is 0 Å². The van der Waals surface area contributed by atoms with Gasteiger partial charge in [-0.15, -0.1) is 0 Å².